The van der Waals surface area contributed by atoms with Gasteiger partial charge in [-0.3, -0.25) is 4.79 Å². The van der Waals surface area contributed by atoms with Crippen LogP contribution in [-0.4, -0.2) is 44.0 Å². The fraction of sp³-hybridized carbons (Fsp3) is 0.467. The first-order valence-electron chi connectivity index (χ1n) is 7.23. The van der Waals surface area contributed by atoms with Gasteiger partial charge in [0.15, 0.2) is 5.96 Å². The molecule has 25 heavy (non-hydrogen) atoms. The maximum atomic E-state index is 13.1. The molecule has 1 amide bonds. The summed E-state index contributed by atoms with van der Waals surface area (Å²) >= 11 is 3.05. The number of nitrogens with zero attached hydrogens (tertiary/aromatic N) is 2. The summed E-state index contributed by atoms with van der Waals surface area (Å²) in [5.41, 5.74) is -0.678. The minimum Gasteiger partial charge on any atom is -0.357 e. The molecule has 5 nitrogen and oxygen atoms in total. The highest BCUT2D eigenvalue weighted by molar-refractivity contribution is 14.0. The average Bonchev–Trinajstić information content (AvgIpc) is 2.49. The summed E-state index contributed by atoms with van der Waals surface area (Å²) in [5.74, 6) is 0.115. The van der Waals surface area contributed by atoms with E-state index >= 15 is 0 Å². The maximum Gasteiger partial charge on any atom is 0.416 e. The third kappa shape index (κ3) is 8.25. The van der Waals surface area contributed by atoms with Crippen LogP contribution >= 0.6 is 39.9 Å². The largest absolute Gasteiger partial charge is 0.416 e. The molecule has 0 unspecified atom stereocenters. The second kappa shape index (κ2) is 10.8. The minimum atomic E-state index is -4.46. The number of carbonyl (C=O) groups is 1. The van der Waals surface area contributed by atoms with E-state index in [4.69, 9.17) is 0 Å². The van der Waals surface area contributed by atoms with E-state index in [0.29, 0.717) is 11.0 Å². The Hall–Kier alpha value is -1.04. The maximum absolute atomic E-state index is 13.1. The number of nitrogens with one attached hydrogen (secondary N) is 2. The lowest BCUT2D eigenvalue weighted by molar-refractivity contribution is -0.138. The van der Waals surface area contributed by atoms with E-state index < -0.39 is 11.7 Å². The highest BCUT2D eigenvalue weighted by Gasteiger charge is 2.33. The molecular weight excluding hydrogens is 516 g/mol. The van der Waals surface area contributed by atoms with Gasteiger partial charge >= 0.3 is 6.18 Å². The number of benzene rings is 1. The molecule has 1 aromatic carbocycles. The summed E-state index contributed by atoms with van der Waals surface area (Å²) in [6.45, 7) is 2.19. The number of aliphatic imine (C=N–C) groups is 1. The van der Waals surface area contributed by atoms with Gasteiger partial charge in [0.2, 0.25) is 5.91 Å². The molecule has 142 valence electrons. The SMILES string of the molecule is CCNC(=NCc1ccc(Br)cc1C(F)(F)F)NCC(=O)N(C)C.I. The summed E-state index contributed by atoms with van der Waals surface area (Å²) in [6.07, 6.45) is -4.46. The van der Waals surface area contributed by atoms with Crippen LogP contribution in [0.1, 0.15) is 18.1 Å². The molecule has 1 aromatic rings. The van der Waals surface area contributed by atoms with Crippen LogP contribution in [0.2, 0.25) is 0 Å². The van der Waals surface area contributed by atoms with Crippen LogP contribution in [-0.2, 0) is 17.5 Å². The van der Waals surface area contributed by atoms with Crippen molar-refractivity contribution in [2.45, 2.75) is 19.6 Å². The highest BCUT2D eigenvalue weighted by atomic mass is 127. The van der Waals surface area contributed by atoms with Crippen molar-refractivity contribution in [1.82, 2.24) is 15.5 Å². The van der Waals surface area contributed by atoms with Gasteiger partial charge in [-0.25, -0.2) is 4.99 Å². The van der Waals surface area contributed by atoms with Crippen LogP contribution in [0.4, 0.5) is 13.2 Å². The number of guanidine groups is 1. The molecule has 0 aliphatic heterocycles. The van der Waals surface area contributed by atoms with Crippen LogP contribution in [0.25, 0.3) is 0 Å². The molecule has 0 aromatic heterocycles. The van der Waals surface area contributed by atoms with E-state index in [2.05, 4.69) is 31.6 Å². The molecule has 0 spiro atoms. The Morgan fingerprint density at radius 2 is 1.92 bits per heavy atom. The van der Waals surface area contributed by atoms with Crippen LogP contribution in [0.15, 0.2) is 27.7 Å². The Labute approximate surface area is 170 Å². The van der Waals surface area contributed by atoms with Gasteiger partial charge in [0.25, 0.3) is 0 Å². The van der Waals surface area contributed by atoms with Crippen molar-refractivity contribution in [3.8, 4) is 0 Å². The first-order chi connectivity index (χ1) is 11.1. The summed E-state index contributed by atoms with van der Waals surface area (Å²) < 4.78 is 39.6. The van der Waals surface area contributed by atoms with Gasteiger partial charge in [0.05, 0.1) is 18.7 Å². The second-order valence-electron chi connectivity index (χ2n) is 5.14. The topological polar surface area (TPSA) is 56.7 Å². The molecule has 1 rings (SSSR count). The number of likely N-dealkylation sites (N-methyl/N-ethyl adjacent to an activating group) is 1. The lowest BCUT2D eigenvalue weighted by Gasteiger charge is -2.15. The van der Waals surface area contributed by atoms with Gasteiger partial charge in [-0.05, 0) is 24.6 Å². The Balaban J connectivity index is 0.00000576. The van der Waals surface area contributed by atoms with E-state index in [1.165, 1.54) is 17.0 Å². The molecule has 2 N–H and O–H groups in total. The van der Waals surface area contributed by atoms with E-state index in [1.54, 1.807) is 14.1 Å². The molecule has 0 aliphatic carbocycles. The molecular formula is C15H21BrF3IN4O. The van der Waals surface area contributed by atoms with Gasteiger partial charge in [-0.2, -0.15) is 13.2 Å². The Bertz CT molecular complexity index is 609. The van der Waals surface area contributed by atoms with E-state index in [1.807, 2.05) is 6.92 Å². The highest BCUT2D eigenvalue weighted by Crippen LogP contribution is 2.34. The Kier molecular flexibility index (Phi) is 10.4. The molecule has 0 atom stereocenters. The number of amides is 1. The Morgan fingerprint density at radius 1 is 1.28 bits per heavy atom. The van der Waals surface area contributed by atoms with E-state index in [9.17, 15) is 18.0 Å². The molecule has 0 heterocycles. The molecule has 0 saturated carbocycles. The summed E-state index contributed by atoms with van der Waals surface area (Å²) in [7, 11) is 3.23. The first-order valence-corrected chi connectivity index (χ1v) is 8.02. The Morgan fingerprint density at radius 3 is 2.44 bits per heavy atom. The lowest BCUT2D eigenvalue weighted by atomic mass is 10.1. The summed E-state index contributed by atoms with van der Waals surface area (Å²) in [5, 5.41) is 5.69. The normalized spacial score (nSPS) is 11.6. The van der Waals surface area contributed by atoms with Gasteiger partial charge in [0, 0.05) is 25.1 Å². The van der Waals surface area contributed by atoms with Crippen LogP contribution in [0.5, 0.6) is 0 Å². The van der Waals surface area contributed by atoms with E-state index in [0.717, 1.165) is 6.07 Å². The van der Waals surface area contributed by atoms with Crippen LogP contribution < -0.4 is 10.6 Å². The molecule has 0 fully saturated rings. The van der Waals surface area contributed by atoms with Crippen LogP contribution in [0.3, 0.4) is 0 Å². The number of rotatable bonds is 5. The minimum absolute atomic E-state index is 0. The number of hydrogen-bond acceptors (Lipinski definition) is 2. The predicted molar refractivity (Wildman–Crippen MR) is 106 cm³/mol. The second-order valence-corrected chi connectivity index (χ2v) is 6.05. The van der Waals surface area contributed by atoms with Crippen molar-refractivity contribution >= 4 is 51.8 Å². The summed E-state index contributed by atoms with van der Waals surface area (Å²) in [6, 6.07) is 3.95. The smallest absolute Gasteiger partial charge is 0.357 e. The molecule has 0 aliphatic rings. The zero-order valence-corrected chi connectivity index (χ0v) is 18.0. The predicted octanol–water partition coefficient (Wildman–Crippen LogP) is 3.23. The number of carbonyl (C=O) groups excluding carboxylic acids is 1. The van der Waals surface area contributed by atoms with Crippen molar-refractivity contribution in [1.29, 1.82) is 0 Å². The average molecular weight is 537 g/mol. The van der Waals surface area contributed by atoms with Crippen molar-refractivity contribution in [2.24, 2.45) is 4.99 Å². The third-order valence-electron chi connectivity index (χ3n) is 3.03. The van der Waals surface area contributed by atoms with Gasteiger partial charge < -0.3 is 15.5 Å². The van der Waals surface area contributed by atoms with Gasteiger partial charge in [-0.1, -0.05) is 22.0 Å². The molecule has 10 heteroatoms. The quantitative estimate of drug-likeness (QED) is 0.345. The van der Waals surface area contributed by atoms with Gasteiger partial charge in [-0.15, -0.1) is 24.0 Å². The van der Waals surface area contributed by atoms with Crippen molar-refractivity contribution in [2.75, 3.05) is 27.2 Å². The van der Waals surface area contributed by atoms with Crippen molar-refractivity contribution in [3.63, 3.8) is 0 Å². The van der Waals surface area contributed by atoms with E-state index in [-0.39, 0.29) is 54.5 Å². The molecule has 0 bridgehead atoms. The van der Waals surface area contributed by atoms with Gasteiger partial charge in [0.1, 0.15) is 0 Å². The number of alkyl halides is 3. The number of halogens is 5. The monoisotopic (exact) mass is 536 g/mol. The van der Waals surface area contributed by atoms with Crippen molar-refractivity contribution < 1.29 is 18.0 Å². The zero-order chi connectivity index (χ0) is 18.3. The number of hydrogen-bond donors (Lipinski definition) is 2. The standard InChI is InChI=1S/C15H20BrF3N4O.HI/c1-4-20-14(22-9-13(24)23(2)3)21-8-10-5-6-11(16)7-12(10)15(17,18)19;/h5-7H,4,8-9H2,1-3H3,(H2,20,21,22);1H. The third-order valence-corrected chi connectivity index (χ3v) is 3.53. The molecule has 0 radical (unpaired) electrons. The lowest BCUT2D eigenvalue weighted by Crippen LogP contribution is -2.42. The summed E-state index contributed by atoms with van der Waals surface area (Å²) in [4.78, 5) is 17.1. The van der Waals surface area contributed by atoms with Crippen molar-refractivity contribution in [3.05, 3.63) is 33.8 Å². The fourth-order valence-electron chi connectivity index (χ4n) is 1.77. The first kappa shape index (κ1) is 24.0. The van der Waals surface area contributed by atoms with Crippen LogP contribution in [0, 0.1) is 0 Å². The molecule has 0 saturated heterocycles. The fourth-order valence-corrected chi connectivity index (χ4v) is 2.13. The zero-order valence-electron chi connectivity index (χ0n) is 14.1.